The second kappa shape index (κ2) is 6.10. The van der Waals surface area contributed by atoms with Gasteiger partial charge in [-0.1, -0.05) is 24.3 Å². The lowest BCUT2D eigenvalue weighted by Gasteiger charge is -2.19. The van der Waals surface area contributed by atoms with Crippen LogP contribution < -0.4 is 16.0 Å². The highest BCUT2D eigenvalue weighted by molar-refractivity contribution is 5.92. The van der Waals surface area contributed by atoms with Gasteiger partial charge < -0.3 is 16.0 Å². The molecule has 0 aromatic heterocycles. The average Bonchev–Trinajstić information content (AvgIpc) is 2.93. The van der Waals surface area contributed by atoms with Crippen LogP contribution >= 0.6 is 0 Å². The Hall–Kier alpha value is -2.49. The van der Waals surface area contributed by atoms with Gasteiger partial charge in [-0.3, -0.25) is 4.79 Å². The molecule has 4 nitrogen and oxygen atoms in total. The highest BCUT2D eigenvalue weighted by Crippen LogP contribution is 2.27. The summed E-state index contributed by atoms with van der Waals surface area (Å²) >= 11 is 0. The molecule has 0 saturated carbocycles. The van der Waals surface area contributed by atoms with E-state index in [-0.39, 0.29) is 5.91 Å². The molecule has 0 unspecified atom stereocenters. The highest BCUT2D eigenvalue weighted by atomic mass is 16.1. The smallest absolute Gasteiger partial charge is 0.226 e. The molecule has 0 radical (unpaired) electrons. The van der Waals surface area contributed by atoms with Gasteiger partial charge in [-0.15, -0.1) is 0 Å². The minimum absolute atomic E-state index is 0.0260. The van der Waals surface area contributed by atoms with Gasteiger partial charge >= 0.3 is 0 Å². The van der Waals surface area contributed by atoms with E-state index >= 15 is 0 Å². The van der Waals surface area contributed by atoms with Crippen LogP contribution in [0.2, 0.25) is 0 Å². The number of carbonyl (C=O) groups is 1. The van der Waals surface area contributed by atoms with Gasteiger partial charge in [0.05, 0.1) is 0 Å². The van der Waals surface area contributed by atoms with Crippen molar-refractivity contribution in [2.24, 2.45) is 0 Å². The van der Waals surface area contributed by atoms with Crippen LogP contribution in [-0.4, -0.2) is 19.0 Å². The maximum Gasteiger partial charge on any atom is 0.226 e. The Morgan fingerprint density at radius 3 is 2.91 bits per heavy atom. The third-order valence-corrected chi connectivity index (χ3v) is 4.24. The zero-order valence-corrected chi connectivity index (χ0v) is 12.8. The second-order valence-corrected chi connectivity index (χ2v) is 5.68. The van der Waals surface area contributed by atoms with Gasteiger partial charge in [0, 0.05) is 36.6 Å². The van der Waals surface area contributed by atoms with Crippen LogP contribution in [0.5, 0.6) is 0 Å². The van der Waals surface area contributed by atoms with Gasteiger partial charge in [0.25, 0.3) is 0 Å². The fourth-order valence-corrected chi connectivity index (χ4v) is 2.88. The predicted octanol–water partition coefficient (Wildman–Crippen LogP) is 2.97. The largest absolute Gasteiger partial charge is 0.398 e. The Balaban J connectivity index is 1.58. The van der Waals surface area contributed by atoms with Crippen molar-refractivity contribution in [3.05, 3.63) is 53.6 Å². The summed E-state index contributed by atoms with van der Waals surface area (Å²) in [5.74, 6) is 0.0260. The first-order valence-corrected chi connectivity index (χ1v) is 7.63. The van der Waals surface area contributed by atoms with E-state index in [1.807, 2.05) is 31.2 Å². The van der Waals surface area contributed by atoms with Crippen LogP contribution in [0, 0.1) is 6.92 Å². The van der Waals surface area contributed by atoms with E-state index in [2.05, 4.69) is 28.4 Å². The molecule has 3 N–H and O–H groups in total. The van der Waals surface area contributed by atoms with Gasteiger partial charge in [-0.2, -0.15) is 0 Å². The van der Waals surface area contributed by atoms with Crippen LogP contribution in [0.1, 0.15) is 17.5 Å². The number of nitrogens with two attached hydrogens (primary N) is 1. The zero-order valence-electron chi connectivity index (χ0n) is 12.8. The maximum absolute atomic E-state index is 12.2. The number of hydrogen-bond donors (Lipinski definition) is 2. The molecule has 0 bridgehead atoms. The van der Waals surface area contributed by atoms with Crippen molar-refractivity contribution < 1.29 is 4.79 Å². The standard InChI is InChI=1S/C18H21N3O/c1-13-15(19)6-4-7-16(13)20-18(22)10-12-21-11-9-14-5-2-3-8-17(14)21/h2-8H,9-12,19H2,1H3,(H,20,22). The molecule has 1 aliphatic rings. The number of nitrogen functional groups attached to an aromatic ring is 1. The van der Waals surface area contributed by atoms with Crippen molar-refractivity contribution >= 4 is 23.0 Å². The molecule has 0 aliphatic carbocycles. The Morgan fingerprint density at radius 2 is 2.05 bits per heavy atom. The Bertz CT molecular complexity index is 696. The third kappa shape index (κ3) is 2.91. The normalized spacial score (nSPS) is 13.0. The minimum Gasteiger partial charge on any atom is -0.398 e. The van der Waals surface area contributed by atoms with Crippen molar-refractivity contribution in [1.29, 1.82) is 0 Å². The lowest BCUT2D eigenvalue weighted by Crippen LogP contribution is -2.26. The number of para-hydroxylation sites is 1. The Morgan fingerprint density at radius 1 is 1.23 bits per heavy atom. The second-order valence-electron chi connectivity index (χ2n) is 5.68. The monoisotopic (exact) mass is 295 g/mol. The summed E-state index contributed by atoms with van der Waals surface area (Å²) in [6, 6.07) is 14.0. The molecule has 3 rings (SSSR count). The van der Waals surface area contributed by atoms with Gasteiger partial charge in [0.1, 0.15) is 0 Å². The Kier molecular flexibility index (Phi) is 4.00. The molecule has 1 aliphatic heterocycles. The molecular formula is C18H21N3O. The first kappa shape index (κ1) is 14.4. The van der Waals surface area contributed by atoms with E-state index in [4.69, 9.17) is 5.73 Å². The fourth-order valence-electron chi connectivity index (χ4n) is 2.88. The van der Waals surface area contributed by atoms with Gasteiger partial charge in [0.2, 0.25) is 5.91 Å². The van der Waals surface area contributed by atoms with Gasteiger partial charge in [-0.05, 0) is 42.7 Å². The molecule has 0 saturated heterocycles. The van der Waals surface area contributed by atoms with Crippen molar-refractivity contribution in [2.75, 3.05) is 29.0 Å². The average molecular weight is 295 g/mol. The molecule has 4 heteroatoms. The predicted molar refractivity (Wildman–Crippen MR) is 91.2 cm³/mol. The van der Waals surface area contributed by atoms with E-state index in [9.17, 15) is 4.79 Å². The van der Waals surface area contributed by atoms with Crippen LogP contribution in [0.3, 0.4) is 0 Å². The lowest BCUT2D eigenvalue weighted by molar-refractivity contribution is -0.116. The number of rotatable bonds is 4. The molecule has 114 valence electrons. The molecule has 0 spiro atoms. The Labute approximate surface area is 130 Å². The molecule has 1 heterocycles. The topological polar surface area (TPSA) is 58.4 Å². The number of fused-ring (bicyclic) bond motifs is 1. The summed E-state index contributed by atoms with van der Waals surface area (Å²) in [4.78, 5) is 14.4. The number of nitrogens with one attached hydrogen (secondary N) is 1. The van der Waals surface area contributed by atoms with Crippen LogP contribution in [-0.2, 0) is 11.2 Å². The fraction of sp³-hybridized carbons (Fsp3) is 0.278. The summed E-state index contributed by atoms with van der Waals surface area (Å²) in [7, 11) is 0. The van der Waals surface area contributed by atoms with E-state index in [1.165, 1.54) is 11.3 Å². The number of hydrogen-bond acceptors (Lipinski definition) is 3. The van der Waals surface area contributed by atoms with Crippen LogP contribution in [0.25, 0.3) is 0 Å². The number of benzene rings is 2. The van der Waals surface area contributed by atoms with Crippen LogP contribution in [0.4, 0.5) is 17.1 Å². The minimum atomic E-state index is 0.0260. The number of carbonyl (C=O) groups excluding carboxylic acids is 1. The first-order valence-electron chi connectivity index (χ1n) is 7.63. The molecule has 0 atom stereocenters. The van der Waals surface area contributed by atoms with Gasteiger partial charge in [0.15, 0.2) is 0 Å². The van der Waals surface area contributed by atoms with E-state index in [0.717, 1.165) is 30.8 Å². The number of nitrogens with zero attached hydrogens (tertiary/aromatic N) is 1. The number of anilines is 3. The van der Waals surface area contributed by atoms with E-state index < -0.39 is 0 Å². The molecule has 1 amide bonds. The third-order valence-electron chi connectivity index (χ3n) is 4.24. The molecule has 2 aromatic carbocycles. The van der Waals surface area contributed by atoms with Crippen molar-refractivity contribution in [1.82, 2.24) is 0 Å². The summed E-state index contributed by atoms with van der Waals surface area (Å²) in [6.45, 7) is 3.65. The van der Waals surface area contributed by atoms with Crippen LogP contribution in [0.15, 0.2) is 42.5 Å². The number of amides is 1. The molecule has 0 fully saturated rings. The van der Waals surface area contributed by atoms with Crippen molar-refractivity contribution in [2.45, 2.75) is 19.8 Å². The summed E-state index contributed by atoms with van der Waals surface area (Å²) in [5, 5.41) is 2.95. The van der Waals surface area contributed by atoms with E-state index in [1.54, 1.807) is 0 Å². The van der Waals surface area contributed by atoms with E-state index in [0.29, 0.717) is 12.1 Å². The summed E-state index contributed by atoms with van der Waals surface area (Å²) < 4.78 is 0. The van der Waals surface area contributed by atoms with Crippen molar-refractivity contribution in [3.8, 4) is 0 Å². The molecule has 2 aromatic rings. The van der Waals surface area contributed by atoms with Gasteiger partial charge in [-0.25, -0.2) is 0 Å². The zero-order chi connectivity index (χ0) is 15.5. The molecular weight excluding hydrogens is 274 g/mol. The first-order chi connectivity index (χ1) is 10.6. The summed E-state index contributed by atoms with van der Waals surface area (Å²) in [6.07, 6.45) is 1.54. The highest BCUT2D eigenvalue weighted by Gasteiger charge is 2.18. The van der Waals surface area contributed by atoms with Crippen molar-refractivity contribution in [3.63, 3.8) is 0 Å². The summed E-state index contributed by atoms with van der Waals surface area (Å²) in [5.41, 5.74) is 10.9. The lowest BCUT2D eigenvalue weighted by atomic mass is 10.1. The maximum atomic E-state index is 12.2. The molecule has 22 heavy (non-hydrogen) atoms. The SMILES string of the molecule is Cc1c(N)cccc1NC(=O)CCN1CCc2ccccc21. The quantitative estimate of drug-likeness (QED) is 0.853.